The van der Waals surface area contributed by atoms with Crippen molar-refractivity contribution in [2.24, 2.45) is 5.92 Å². The summed E-state index contributed by atoms with van der Waals surface area (Å²) in [6, 6.07) is 18.9. The van der Waals surface area contributed by atoms with Crippen molar-refractivity contribution in [2.75, 3.05) is 0 Å². The first-order valence-electron chi connectivity index (χ1n) is 12.1. The molecule has 2 atom stereocenters. The van der Waals surface area contributed by atoms with E-state index in [9.17, 15) is 14.9 Å². The largest absolute Gasteiger partial charge is 0.364 e. The van der Waals surface area contributed by atoms with Gasteiger partial charge >= 0.3 is 0 Å². The number of carbonyl (C=O) groups excluding carboxylic acids is 1. The van der Waals surface area contributed by atoms with Crippen molar-refractivity contribution in [3.63, 3.8) is 0 Å². The molecule has 3 aromatic rings. The Labute approximate surface area is 208 Å². The van der Waals surface area contributed by atoms with Crippen LogP contribution >= 0.6 is 0 Å². The van der Waals surface area contributed by atoms with Gasteiger partial charge in [-0.3, -0.25) is 14.9 Å². The number of Topliss-reactive ketones (excluding diaryl/α,β-unsaturated/α-hetero) is 1. The number of ketones is 1. The maximum Gasteiger partial charge on any atom is 0.270 e. The fourth-order valence-electron chi connectivity index (χ4n) is 5.57. The molecule has 1 aliphatic heterocycles. The zero-order valence-corrected chi connectivity index (χ0v) is 19.6. The van der Waals surface area contributed by atoms with Gasteiger partial charge in [-0.1, -0.05) is 72.8 Å². The Morgan fingerprint density at radius 2 is 1.83 bits per heavy atom. The maximum atomic E-state index is 13.7. The zero-order valence-electron chi connectivity index (χ0n) is 19.6. The van der Waals surface area contributed by atoms with E-state index in [4.69, 9.17) is 0 Å². The summed E-state index contributed by atoms with van der Waals surface area (Å²) in [5, 5.41) is 17.0. The molecule has 176 valence electrons. The van der Waals surface area contributed by atoms with Crippen molar-refractivity contribution in [1.82, 2.24) is 5.32 Å². The van der Waals surface area contributed by atoms with Crippen LogP contribution in [0.4, 0.5) is 5.69 Å². The van der Waals surface area contributed by atoms with Gasteiger partial charge in [0.15, 0.2) is 5.78 Å². The predicted molar refractivity (Wildman–Crippen MR) is 142 cm³/mol. The van der Waals surface area contributed by atoms with E-state index in [0.29, 0.717) is 12.0 Å². The van der Waals surface area contributed by atoms with E-state index < -0.39 is 10.8 Å². The molecule has 5 nitrogen and oxygen atoms in total. The van der Waals surface area contributed by atoms with Crippen molar-refractivity contribution in [2.45, 2.75) is 18.8 Å². The second-order valence-corrected chi connectivity index (χ2v) is 9.34. The van der Waals surface area contributed by atoms with Crippen molar-refractivity contribution >= 4 is 23.6 Å². The molecule has 0 saturated carbocycles. The van der Waals surface area contributed by atoms with Crippen molar-refractivity contribution < 1.29 is 9.72 Å². The first-order chi connectivity index (χ1) is 17.6. The topological polar surface area (TPSA) is 72.2 Å². The predicted octanol–water partition coefficient (Wildman–Crippen LogP) is 4.92. The van der Waals surface area contributed by atoms with E-state index in [1.54, 1.807) is 12.1 Å². The number of nitro benzene ring substituents is 1. The lowest BCUT2D eigenvalue weighted by Gasteiger charge is -2.30. The average Bonchev–Trinajstić information content (AvgIpc) is 3.21. The number of benzene rings is 3. The van der Waals surface area contributed by atoms with Gasteiger partial charge in [0.05, 0.1) is 4.92 Å². The number of nitro groups is 1. The summed E-state index contributed by atoms with van der Waals surface area (Å²) in [6.45, 7) is 0. The van der Waals surface area contributed by atoms with Gasteiger partial charge in [-0.05, 0) is 57.7 Å². The maximum absolute atomic E-state index is 13.7. The highest BCUT2D eigenvalue weighted by Gasteiger charge is 2.31. The van der Waals surface area contributed by atoms with Gasteiger partial charge in [-0.15, -0.1) is 0 Å². The van der Waals surface area contributed by atoms with Gasteiger partial charge in [0.1, 0.15) is 0 Å². The standard InChI is InChI=1S/C31H24N2O3/c34-31(21-8-6-9-23(17-21)33(35)36)22-18-28-26-13-12-20-7-3-4-10-24(20)25(26)14-15-27(28)29(19-22)30-11-2-1-5-16-32-30/h1-11,13-18,22,29,32H,12,19H2. The molecule has 0 radical (unpaired) electrons. The van der Waals surface area contributed by atoms with Crippen LogP contribution in [0.2, 0.25) is 0 Å². The third kappa shape index (κ3) is 3.79. The lowest BCUT2D eigenvalue weighted by atomic mass is 9.75. The number of nitrogens with zero attached hydrogens (tertiary/aromatic N) is 1. The zero-order chi connectivity index (χ0) is 24.6. The Morgan fingerprint density at radius 1 is 0.944 bits per heavy atom. The van der Waals surface area contributed by atoms with E-state index in [-0.39, 0.29) is 17.4 Å². The second kappa shape index (κ2) is 8.93. The smallest absolute Gasteiger partial charge is 0.270 e. The molecule has 1 N–H and O–H groups in total. The molecule has 5 heteroatoms. The molecule has 0 amide bonds. The lowest BCUT2D eigenvalue weighted by Crippen LogP contribution is -2.39. The molecule has 36 heavy (non-hydrogen) atoms. The van der Waals surface area contributed by atoms with Crippen LogP contribution in [0.15, 0.2) is 96.9 Å². The molecule has 0 fully saturated rings. The van der Waals surface area contributed by atoms with E-state index in [1.807, 2.05) is 24.4 Å². The minimum absolute atomic E-state index is 0.0130. The quantitative estimate of drug-likeness (QED) is 0.332. The van der Waals surface area contributed by atoms with Crippen LogP contribution in [0.5, 0.6) is 0 Å². The number of nitrogens with one attached hydrogen (secondary N) is 1. The highest BCUT2D eigenvalue weighted by molar-refractivity contribution is 6.02. The Morgan fingerprint density at radius 3 is 2.72 bits per heavy atom. The van der Waals surface area contributed by atoms with Crippen LogP contribution in [0, 0.1) is 16.0 Å². The molecule has 0 bridgehead atoms. The minimum atomic E-state index is -0.457. The van der Waals surface area contributed by atoms with Crippen LogP contribution in [0.25, 0.3) is 23.3 Å². The molecule has 0 aromatic heterocycles. The number of allylic oxidation sites excluding steroid dienone is 5. The van der Waals surface area contributed by atoms with Crippen LogP contribution < -0.4 is 15.8 Å². The molecule has 0 saturated heterocycles. The molecule has 2 unspecified atom stereocenters. The fourth-order valence-corrected chi connectivity index (χ4v) is 5.57. The summed E-state index contributed by atoms with van der Waals surface area (Å²) in [5.74, 6) is -0.509. The molecule has 0 spiro atoms. The Balaban J connectivity index is 1.53. The highest BCUT2D eigenvalue weighted by Crippen LogP contribution is 2.35. The number of carbonyl (C=O) groups is 1. The van der Waals surface area contributed by atoms with Crippen LogP contribution in [-0.2, 0) is 6.42 Å². The summed E-state index contributed by atoms with van der Waals surface area (Å²) in [7, 11) is 0. The third-order valence-corrected chi connectivity index (χ3v) is 7.29. The minimum Gasteiger partial charge on any atom is -0.364 e. The lowest BCUT2D eigenvalue weighted by molar-refractivity contribution is -0.384. The van der Waals surface area contributed by atoms with E-state index in [1.165, 1.54) is 34.4 Å². The fraction of sp³-hybridized carbons (Fsp3) is 0.129. The van der Waals surface area contributed by atoms with Crippen LogP contribution in [0.1, 0.15) is 33.8 Å². The molecular weight excluding hydrogens is 448 g/mol. The Bertz CT molecular complexity index is 1630. The number of rotatable bonds is 4. The second-order valence-electron chi connectivity index (χ2n) is 9.34. The average molecular weight is 473 g/mol. The van der Waals surface area contributed by atoms with Gasteiger partial charge in [0.2, 0.25) is 0 Å². The molecule has 6 rings (SSSR count). The van der Waals surface area contributed by atoms with Crippen molar-refractivity contribution in [3.05, 3.63) is 134 Å². The number of hydrogen-bond donors (Lipinski definition) is 1. The summed E-state index contributed by atoms with van der Waals surface area (Å²) < 4.78 is 0. The normalized spacial score (nSPS) is 19.3. The van der Waals surface area contributed by atoms with Gasteiger partial charge in [-0.2, -0.15) is 0 Å². The summed E-state index contributed by atoms with van der Waals surface area (Å²) in [4.78, 5) is 24.6. The molecule has 3 aliphatic rings. The molecule has 2 aliphatic carbocycles. The molecular formula is C31H24N2O3. The van der Waals surface area contributed by atoms with Crippen LogP contribution in [-0.4, -0.2) is 10.7 Å². The summed E-state index contributed by atoms with van der Waals surface area (Å²) in [6.07, 6.45) is 15.7. The van der Waals surface area contributed by atoms with E-state index >= 15 is 0 Å². The Hall–Kier alpha value is -4.51. The monoisotopic (exact) mass is 472 g/mol. The number of non-ortho nitro benzene ring substituents is 1. The highest BCUT2D eigenvalue weighted by atomic mass is 16.6. The first-order valence-corrected chi connectivity index (χ1v) is 12.1. The van der Waals surface area contributed by atoms with Gasteiger partial charge in [0.25, 0.3) is 5.69 Å². The van der Waals surface area contributed by atoms with Gasteiger partial charge < -0.3 is 5.32 Å². The van der Waals surface area contributed by atoms with Crippen LogP contribution in [0.3, 0.4) is 0 Å². The molecule has 1 heterocycles. The SMILES string of the molecule is O=C(c1cccc([N+](=O)[O-])c1)C1C=c2c(ccc3c2=CCc2ccccc2-3)C(C2=CC=CC=CN2)C1. The van der Waals surface area contributed by atoms with Gasteiger partial charge in [-0.25, -0.2) is 0 Å². The Kier molecular flexibility index (Phi) is 5.45. The third-order valence-electron chi connectivity index (χ3n) is 7.29. The first kappa shape index (κ1) is 22.0. The number of hydrogen-bond acceptors (Lipinski definition) is 4. The van der Waals surface area contributed by atoms with Crippen molar-refractivity contribution in [3.8, 4) is 11.1 Å². The van der Waals surface area contributed by atoms with Crippen molar-refractivity contribution in [1.29, 1.82) is 0 Å². The number of fused-ring (bicyclic) bond motifs is 5. The molecule has 3 aromatic carbocycles. The van der Waals surface area contributed by atoms with Gasteiger partial charge in [0, 0.05) is 41.4 Å². The van der Waals surface area contributed by atoms with E-state index in [2.05, 4.69) is 59.9 Å². The summed E-state index contributed by atoms with van der Waals surface area (Å²) >= 11 is 0. The summed E-state index contributed by atoms with van der Waals surface area (Å²) in [5.41, 5.74) is 6.22. The van der Waals surface area contributed by atoms with E-state index in [0.717, 1.165) is 22.6 Å².